The van der Waals surface area contributed by atoms with Gasteiger partial charge in [0, 0.05) is 22.8 Å². The minimum Gasteiger partial charge on any atom is -0.494 e. The quantitative estimate of drug-likeness (QED) is 0.216. The van der Waals surface area contributed by atoms with E-state index < -0.39 is 0 Å². The van der Waals surface area contributed by atoms with E-state index in [1.54, 1.807) is 4.90 Å². The summed E-state index contributed by atoms with van der Waals surface area (Å²) in [6.45, 7) is 9.76. The lowest BCUT2D eigenvalue weighted by Gasteiger charge is -2.21. The van der Waals surface area contributed by atoms with Crippen molar-refractivity contribution >= 4 is 44.2 Å². The van der Waals surface area contributed by atoms with Crippen LogP contribution in [0.3, 0.4) is 0 Å². The lowest BCUT2D eigenvalue weighted by molar-refractivity contribution is 0.0985. The molecule has 8 heteroatoms. The fourth-order valence-corrected chi connectivity index (χ4v) is 5.20. The summed E-state index contributed by atoms with van der Waals surface area (Å²) in [5.41, 5.74) is 4.33. The van der Waals surface area contributed by atoms with Gasteiger partial charge in [0.05, 0.1) is 29.1 Å². The molecule has 0 saturated carbocycles. The van der Waals surface area contributed by atoms with E-state index in [2.05, 4.69) is 12.0 Å². The Kier molecular flexibility index (Phi) is 8.08. The van der Waals surface area contributed by atoms with Crippen molar-refractivity contribution in [2.24, 2.45) is 0 Å². The number of ether oxygens (including phenoxy) is 1. The molecule has 0 aliphatic rings. The smallest absolute Gasteiger partial charge is 0.260 e. The zero-order valence-corrected chi connectivity index (χ0v) is 22.2. The number of nitrogens with zero attached hydrogens (tertiary/aromatic N) is 4. The number of unbranched alkanes of at least 4 members (excludes halogenated alkanes) is 2. The summed E-state index contributed by atoms with van der Waals surface area (Å²) in [6, 6.07) is 13.3. The molecule has 0 saturated heterocycles. The van der Waals surface area contributed by atoms with Gasteiger partial charge in [-0.25, -0.2) is 4.98 Å². The topological polar surface area (TPSA) is 60.2 Å². The Labute approximate surface area is 215 Å². The van der Waals surface area contributed by atoms with Gasteiger partial charge in [-0.15, -0.1) is 0 Å². The van der Waals surface area contributed by atoms with E-state index in [1.165, 1.54) is 11.3 Å². The number of thiazole rings is 1. The van der Waals surface area contributed by atoms with E-state index in [0.717, 1.165) is 46.4 Å². The number of amides is 1. The van der Waals surface area contributed by atoms with Crippen molar-refractivity contribution in [2.45, 2.75) is 53.5 Å². The van der Waals surface area contributed by atoms with Crippen LogP contribution in [-0.4, -0.2) is 33.8 Å². The molecule has 1 amide bonds. The van der Waals surface area contributed by atoms with E-state index in [1.807, 2.05) is 67.9 Å². The molecule has 2 aromatic heterocycles. The molecule has 2 heterocycles. The fourth-order valence-electron chi connectivity index (χ4n) is 4.00. The SMILES string of the molecule is CCCCCOc1cccc(C(=O)N(CCn2nc(C)cc2C)c2nc3c(C)c(Cl)ccc3s2)c1. The molecule has 0 spiro atoms. The van der Waals surface area contributed by atoms with Gasteiger partial charge in [-0.3, -0.25) is 14.4 Å². The van der Waals surface area contributed by atoms with Crippen LogP contribution in [0.2, 0.25) is 5.02 Å². The van der Waals surface area contributed by atoms with Gasteiger partial charge in [0.1, 0.15) is 5.75 Å². The highest BCUT2D eigenvalue weighted by atomic mass is 35.5. The second-order valence-corrected chi connectivity index (χ2v) is 10.1. The molecule has 6 nitrogen and oxygen atoms in total. The molecule has 2 aromatic carbocycles. The molecule has 0 atom stereocenters. The molecule has 0 aliphatic carbocycles. The highest BCUT2D eigenvalue weighted by Gasteiger charge is 2.23. The van der Waals surface area contributed by atoms with Crippen LogP contribution in [0.25, 0.3) is 10.2 Å². The summed E-state index contributed by atoms with van der Waals surface area (Å²) in [4.78, 5) is 20.4. The minimum atomic E-state index is -0.117. The van der Waals surface area contributed by atoms with Crippen LogP contribution in [0.4, 0.5) is 5.13 Å². The van der Waals surface area contributed by atoms with E-state index in [9.17, 15) is 4.79 Å². The van der Waals surface area contributed by atoms with Crippen molar-refractivity contribution in [3.8, 4) is 5.75 Å². The zero-order chi connectivity index (χ0) is 24.9. The number of fused-ring (bicyclic) bond motifs is 1. The largest absolute Gasteiger partial charge is 0.494 e. The molecule has 0 bridgehead atoms. The number of hydrogen-bond donors (Lipinski definition) is 0. The van der Waals surface area contributed by atoms with Crippen LogP contribution in [0.1, 0.15) is 53.5 Å². The van der Waals surface area contributed by atoms with Crippen molar-refractivity contribution in [3.05, 3.63) is 70.0 Å². The first kappa shape index (κ1) is 25.2. The minimum absolute atomic E-state index is 0.117. The molecular formula is C27H31ClN4O2S. The van der Waals surface area contributed by atoms with Crippen LogP contribution < -0.4 is 9.64 Å². The maximum atomic E-state index is 13.8. The first-order valence-corrected chi connectivity index (χ1v) is 13.2. The standard InChI is InChI=1S/C27H31ClN4O2S/c1-5-6-7-15-34-22-10-8-9-21(17-22)26(33)31(13-14-32-19(3)16-18(2)30-32)27-29-25-20(4)23(28)11-12-24(25)35-27/h8-12,16-17H,5-7,13-15H2,1-4H3. The molecule has 4 aromatic rings. The average Bonchev–Trinajstić information content (AvgIpc) is 3.42. The molecule has 0 N–H and O–H groups in total. The Balaban J connectivity index is 1.64. The lowest BCUT2D eigenvalue weighted by Crippen LogP contribution is -2.34. The Morgan fingerprint density at radius 2 is 1.97 bits per heavy atom. The van der Waals surface area contributed by atoms with Gasteiger partial charge in [-0.2, -0.15) is 5.10 Å². The Bertz CT molecular complexity index is 1330. The van der Waals surface area contributed by atoms with Crippen LogP contribution in [-0.2, 0) is 6.54 Å². The van der Waals surface area contributed by atoms with Crippen LogP contribution in [0.15, 0.2) is 42.5 Å². The zero-order valence-electron chi connectivity index (χ0n) is 20.7. The van der Waals surface area contributed by atoms with Crippen molar-refractivity contribution in [1.82, 2.24) is 14.8 Å². The van der Waals surface area contributed by atoms with Crippen LogP contribution in [0.5, 0.6) is 5.75 Å². The van der Waals surface area contributed by atoms with Crippen molar-refractivity contribution in [1.29, 1.82) is 0 Å². The molecule has 0 aliphatic heterocycles. The summed E-state index contributed by atoms with van der Waals surface area (Å²) in [5.74, 6) is 0.589. The maximum Gasteiger partial charge on any atom is 0.260 e. The second kappa shape index (κ2) is 11.2. The van der Waals surface area contributed by atoms with Gasteiger partial charge < -0.3 is 4.74 Å². The Hall–Kier alpha value is -2.90. The summed E-state index contributed by atoms with van der Waals surface area (Å²) in [5, 5.41) is 5.88. The number of carbonyl (C=O) groups is 1. The molecular weight excluding hydrogens is 480 g/mol. The number of hydrogen-bond acceptors (Lipinski definition) is 5. The van der Waals surface area contributed by atoms with Gasteiger partial charge in [-0.05, 0) is 69.2 Å². The number of halogens is 1. The highest BCUT2D eigenvalue weighted by molar-refractivity contribution is 7.22. The summed E-state index contributed by atoms with van der Waals surface area (Å²) < 4.78 is 8.82. The van der Waals surface area contributed by atoms with E-state index in [0.29, 0.717) is 41.2 Å². The predicted octanol–water partition coefficient (Wildman–Crippen LogP) is 6.99. The third-order valence-electron chi connectivity index (χ3n) is 5.95. The normalized spacial score (nSPS) is 11.2. The third-order valence-corrected chi connectivity index (χ3v) is 7.40. The average molecular weight is 511 g/mol. The molecule has 4 rings (SSSR count). The Morgan fingerprint density at radius 1 is 1.14 bits per heavy atom. The van der Waals surface area contributed by atoms with Crippen molar-refractivity contribution in [2.75, 3.05) is 18.1 Å². The van der Waals surface area contributed by atoms with Gasteiger partial charge in [-0.1, -0.05) is 48.8 Å². The van der Waals surface area contributed by atoms with Gasteiger partial charge in [0.15, 0.2) is 5.13 Å². The molecule has 0 unspecified atom stereocenters. The fraction of sp³-hybridized carbons (Fsp3) is 0.370. The molecule has 35 heavy (non-hydrogen) atoms. The lowest BCUT2D eigenvalue weighted by atomic mass is 10.2. The number of rotatable bonds is 10. The summed E-state index contributed by atoms with van der Waals surface area (Å²) in [6.07, 6.45) is 3.26. The number of benzene rings is 2. The highest BCUT2D eigenvalue weighted by Crippen LogP contribution is 2.34. The second-order valence-electron chi connectivity index (χ2n) is 8.71. The van der Waals surface area contributed by atoms with E-state index >= 15 is 0 Å². The van der Waals surface area contributed by atoms with Crippen molar-refractivity contribution in [3.63, 3.8) is 0 Å². The van der Waals surface area contributed by atoms with E-state index in [4.69, 9.17) is 21.3 Å². The first-order valence-electron chi connectivity index (χ1n) is 12.0. The monoisotopic (exact) mass is 510 g/mol. The Morgan fingerprint density at radius 3 is 2.71 bits per heavy atom. The van der Waals surface area contributed by atoms with Gasteiger partial charge in [0.25, 0.3) is 5.91 Å². The first-order chi connectivity index (χ1) is 16.9. The molecule has 0 radical (unpaired) electrons. The summed E-state index contributed by atoms with van der Waals surface area (Å²) >= 11 is 7.83. The molecule has 184 valence electrons. The number of aromatic nitrogens is 3. The third kappa shape index (κ3) is 5.85. The summed E-state index contributed by atoms with van der Waals surface area (Å²) in [7, 11) is 0. The van der Waals surface area contributed by atoms with E-state index in [-0.39, 0.29) is 5.91 Å². The number of anilines is 1. The van der Waals surface area contributed by atoms with Crippen molar-refractivity contribution < 1.29 is 9.53 Å². The number of aryl methyl sites for hydroxylation is 3. The molecule has 0 fully saturated rings. The van der Waals surface area contributed by atoms with Gasteiger partial charge >= 0.3 is 0 Å². The maximum absolute atomic E-state index is 13.8. The van der Waals surface area contributed by atoms with Crippen LogP contribution in [0, 0.1) is 20.8 Å². The van der Waals surface area contributed by atoms with Crippen LogP contribution >= 0.6 is 22.9 Å². The predicted molar refractivity (Wildman–Crippen MR) is 144 cm³/mol. The van der Waals surface area contributed by atoms with Gasteiger partial charge in [0.2, 0.25) is 0 Å². The number of carbonyl (C=O) groups excluding carboxylic acids is 1.